The van der Waals surface area contributed by atoms with Crippen LogP contribution in [0.5, 0.6) is 0 Å². The lowest BCUT2D eigenvalue weighted by atomic mass is 9.86. The molecule has 0 aromatic rings. The number of nitrogens with zero attached hydrogens (tertiary/aromatic N) is 1. The van der Waals surface area contributed by atoms with Crippen molar-refractivity contribution in [2.75, 3.05) is 26.2 Å². The first-order chi connectivity index (χ1) is 10.9. The molecule has 0 bridgehead atoms. The molecule has 1 aliphatic heterocycles. The third-order valence-corrected chi connectivity index (χ3v) is 4.97. The maximum atomic E-state index is 12.2. The number of aliphatic hydroxyl groups excluding tert-OH is 1. The standard InChI is InChI=1S/C18H34N2O3/c1-18(2,3)23-17(22)20-10-4-5-15(12-20)11-19-16-8-6-14(13-21)7-9-16/h14-16,19,21H,4-13H2,1-3H3. The molecule has 5 heteroatoms. The van der Waals surface area contributed by atoms with Gasteiger partial charge in [-0.25, -0.2) is 4.79 Å². The molecule has 1 heterocycles. The van der Waals surface area contributed by atoms with Gasteiger partial charge >= 0.3 is 6.09 Å². The largest absolute Gasteiger partial charge is 0.444 e. The normalized spacial score (nSPS) is 29.4. The third kappa shape index (κ3) is 6.30. The summed E-state index contributed by atoms with van der Waals surface area (Å²) in [7, 11) is 0. The zero-order chi connectivity index (χ0) is 16.9. The van der Waals surface area contributed by atoms with E-state index in [-0.39, 0.29) is 6.09 Å². The third-order valence-electron chi connectivity index (χ3n) is 4.97. The second-order valence-electron chi connectivity index (χ2n) is 8.24. The highest BCUT2D eigenvalue weighted by molar-refractivity contribution is 5.68. The Labute approximate surface area is 140 Å². The average Bonchev–Trinajstić information content (AvgIpc) is 2.52. The molecule has 1 atom stereocenters. The van der Waals surface area contributed by atoms with Crippen LogP contribution in [0.3, 0.4) is 0 Å². The van der Waals surface area contributed by atoms with Crippen molar-refractivity contribution in [2.45, 2.75) is 70.9 Å². The summed E-state index contributed by atoms with van der Waals surface area (Å²) >= 11 is 0. The Balaban J connectivity index is 1.71. The van der Waals surface area contributed by atoms with Crippen LogP contribution in [0.15, 0.2) is 0 Å². The van der Waals surface area contributed by atoms with Gasteiger partial charge in [-0.3, -0.25) is 0 Å². The van der Waals surface area contributed by atoms with E-state index in [1.165, 1.54) is 6.42 Å². The van der Waals surface area contributed by atoms with E-state index in [0.29, 0.717) is 24.5 Å². The summed E-state index contributed by atoms with van der Waals surface area (Å²) in [5, 5.41) is 12.9. The Kier molecular flexibility index (Phi) is 6.72. The second-order valence-corrected chi connectivity index (χ2v) is 8.24. The number of carbonyl (C=O) groups excluding carboxylic acids is 1. The molecular weight excluding hydrogens is 292 g/mol. The van der Waals surface area contributed by atoms with E-state index in [1.807, 2.05) is 25.7 Å². The van der Waals surface area contributed by atoms with E-state index < -0.39 is 5.60 Å². The molecule has 2 fully saturated rings. The smallest absolute Gasteiger partial charge is 0.410 e. The first kappa shape index (κ1) is 18.5. The van der Waals surface area contributed by atoms with Crippen LogP contribution < -0.4 is 5.32 Å². The first-order valence-electron chi connectivity index (χ1n) is 9.19. The molecule has 2 rings (SSSR count). The summed E-state index contributed by atoms with van der Waals surface area (Å²) in [6, 6.07) is 0.578. The molecule has 134 valence electrons. The molecule has 5 nitrogen and oxygen atoms in total. The van der Waals surface area contributed by atoms with Crippen molar-refractivity contribution in [2.24, 2.45) is 11.8 Å². The number of hydrogen-bond donors (Lipinski definition) is 2. The number of carbonyl (C=O) groups is 1. The Bertz CT molecular complexity index is 373. The van der Waals surface area contributed by atoms with Gasteiger partial charge in [0.05, 0.1) is 0 Å². The Morgan fingerprint density at radius 2 is 1.87 bits per heavy atom. The summed E-state index contributed by atoms with van der Waals surface area (Å²) < 4.78 is 5.49. The van der Waals surface area contributed by atoms with E-state index in [4.69, 9.17) is 4.74 Å². The Morgan fingerprint density at radius 3 is 2.48 bits per heavy atom. The highest BCUT2D eigenvalue weighted by Gasteiger charge is 2.28. The van der Waals surface area contributed by atoms with Gasteiger partial charge in [0.15, 0.2) is 0 Å². The molecular formula is C18H34N2O3. The van der Waals surface area contributed by atoms with Crippen molar-refractivity contribution in [3.05, 3.63) is 0 Å². The second kappa shape index (κ2) is 8.34. The fourth-order valence-electron chi connectivity index (χ4n) is 3.61. The van der Waals surface area contributed by atoms with E-state index >= 15 is 0 Å². The monoisotopic (exact) mass is 326 g/mol. The number of piperidine rings is 1. The molecule has 1 saturated carbocycles. The quantitative estimate of drug-likeness (QED) is 0.834. The minimum Gasteiger partial charge on any atom is -0.444 e. The Morgan fingerprint density at radius 1 is 1.17 bits per heavy atom. The van der Waals surface area contributed by atoms with Gasteiger partial charge in [-0.05, 0) is 77.7 Å². The SMILES string of the molecule is CC(C)(C)OC(=O)N1CCCC(CNC2CCC(CO)CC2)C1. The van der Waals surface area contributed by atoms with E-state index in [2.05, 4.69) is 5.32 Å². The molecule has 2 N–H and O–H groups in total. The minimum absolute atomic E-state index is 0.175. The van der Waals surface area contributed by atoms with Crippen LogP contribution in [0, 0.1) is 11.8 Å². The lowest BCUT2D eigenvalue weighted by Crippen LogP contribution is -2.46. The van der Waals surface area contributed by atoms with Crippen LogP contribution in [-0.2, 0) is 4.74 Å². The van der Waals surface area contributed by atoms with Gasteiger partial charge in [-0.15, -0.1) is 0 Å². The topological polar surface area (TPSA) is 61.8 Å². The van der Waals surface area contributed by atoms with Crippen LogP contribution in [0.4, 0.5) is 4.79 Å². The fraction of sp³-hybridized carbons (Fsp3) is 0.944. The molecule has 23 heavy (non-hydrogen) atoms. The van der Waals surface area contributed by atoms with Gasteiger partial charge in [0.25, 0.3) is 0 Å². The van der Waals surface area contributed by atoms with Gasteiger partial charge in [0.1, 0.15) is 5.60 Å². The zero-order valence-electron chi connectivity index (χ0n) is 15.0. The number of aliphatic hydroxyl groups is 1. The maximum Gasteiger partial charge on any atom is 0.410 e. The van der Waals surface area contributed by atoms with Crippen molar-refractivity contribution in [3.8, 4) is 0 Å². The number of ether oxygens (including phenoxy) is 1. The van der Waals surface area contributed by atoms with E-state index in [1.54, 1.807) is 0 Å². The predicted molar refractivity (Wildman–Crippen MR) is 91.4 cm³/mol. The lowest BCUT2D eigenvalue weighted by Gasteiger charge is -2.35. The molecule has 1 saturated heterocycles. The fourth-order valence-corrected chi connectivity index (χ4v) is 3.61. The number of hydrogen-bond acceptors (Lipinski definition) is 4. The van der Waals surface area contributed by atoms with Gasteiger partial charge in [0, 0.05) is 25.7 Å². The molecule has 0 spiro atoms. The predicted octanol–water partition coefficient (Wildman–Crippen LogP) is 2.77. The van der Waals surface area contributed by atoms with Crippen molar-refractivity contribution >= 4 is 6.09 Å². The molecule has 0 aromatic heterocycles. The molecule has 2 aliphatic rings. The number of likely N-dealkylation sites (tertiary alicyclic amines) is 1. The van der Waals surface area contributed by atoms with Crippen molar-refractivity contribution in [1.82, 2.24) is 10.2 Å². The first-order valence-corrected chi connectivity index (χ1v) is 9.19. The minimum atomic E-state index is -0.423. The van der Waals surface area contributed by atoms with Crippen LogP contribution >= 0.6 is 0 Å². The summed E-state index contributed by atoms with van der Waals surface area (Å²) in [6.07, 6.45) is 6.64. The van der Waals surface area contributed by atoms with E-state index in [0.717, 1.165) is 51.7 Å². The highest BCUT2D eigenvalue weighted by atomic mass is 16.6. The van der Waals surface area contributed by atoms with Gasteiger partial charge < -0.3 is 20.1 Å². The summed E-state index contributed by atoms with van der Waals surface area (Å²) in [4.78, 5) is 14.1. The van der Waals surface area contributed by atoms with Gasteiger partial charge in [0.2, 0.25) is 0 Å². The molecule has 0 aromatic carbocycles. The average molecular weight is 326 g/mol. The summed E-state index contributed by atoms with van der Waals surface area (Å²) in [6.45, 7) is 8.67. The summed E-state index contributed by atoms with van der Waals surface area (Å²) in [5.41, 5.74) is -0.423. The molecule has 0 radical (unpaired) electrons. The van der Waals surface area contributed by atoms with Crippen LogP contribution in [-0.4, -0.2) is 54.0 Å². The lowest BCUT2D eigenvalue weighted by molar-refractivity contribution is 0.0164. The zero-order valence-corrected chi connectivity index (χ0v) is 15.0. The summed E-state index contributed by atoms with van der Waals surface area (Å²) in [5.74, 6) is 1.03. The highest BCUT2D eigenvalue weighted by Crippen LogP contribution is 2.24. The Hall–Kier alpha value is -0.810. The van der Waals surface area contributed by atoms with Crippen LogP contribution in [0.25, 0.3) is 0 Å². The van der Waals surface area contributed by atoms with Crippen LogP contribution in [0.2, 0.25) is 0 Å². The molecule has 1 aliphatic carbocycles. The van der Waals surface area contributed by atoms with Crippen molar-refractivity contribution in [1.29, 1.82) is 0 Å². The van der Waals surface area contributed by atoms with Gasteiger partial charge in [-0.2, -0.15) is 0 Å². The number of amides is 1. The number of rotatable bonds is 4. The van der Waals surface area contributed by atoms with E-state index in [9.17, 15) is 9.90 Å². The van der Waals surface area contributed by atoms with Crippen molar-refractivity contribution in [3.63, 3.8) is 0 Å². The van der Waals surface area contributed by atoms with Crippen molar-refractivity contribution < 1.29 is 14.6 Å². The van der Waals surface area contributed by atoms with Crippen LogP contribution in [0.1, 0.15) is 59.3 Å². The molecule has 1 amide bonds. The molecule has 1 unspecified atom stereocenters. The maximum absolute atomic E-state index is 12.2. The van der Waals surface area contributed by atoms with Gasteiger partial charge in [-0.1, -0.05) is 0 Å². The number of nitrogens with one attached hydrogen (secondary N) is 1.